The molecule has 2 atom stereocenters. The van der Waals surface area contributed by atoms with Gasteiger partial charge in [-0.05, 0) is 56.0 Å². The minimum absolute atomic E-state index is 0.0594. The first-order valence-corrected chi connectivity index (χ1v) is 9.58. The van der Waals surface area contributed by atoms with Crippen LogP contribution in [-0.2, 0) is 11.3 Å². The topological polar surface area (TPSA) is 35.6 Å². The van der Waals surface area contributed by atoms with Gasteiger partial charge in [0.2, 0.25) is 0 Å². The van der Waals surface area contributed by atoms with Gasteiger partial charge in [-0.15, -0.1) is 0 Å². The Bertz CT molecular complexity index is 638. The van der Waals surface area contributed by atoms with Crippen LogP contribution in [0.15, 0.2) is 48.3 Å². The second-order valence-electron chi connectivity index (χ2n) is 7.47. The Morgan fingerprint density at radius 3 is 2.35 bits per heavy atom. The van der Waals surface area contributed by atoms with Crippen molar-refractivity contribution in [1.29, 1.82) is 0 Å². The first kappa shape index (κ1) is 20.1. The molecule has 0 saturated carbocycles. The van der Waals surface area contributed by atoms with Gasteiger partial charge in [-0.25, -0.2) is 0 Å². The molecule has 1 N–H and O–H groups in total. The fraction of sp³-hybridized carbons (Fsp3) is 0.500. The van der Waals surface area contributed by atoms with Crippen molar-refractivity contribution in [2.45, 2.75) is 40.7 Å². The van der Waals surface area contributed by atoms with Gasteiger partial charge in [0.25, 0.3) is 5.91 Å². The van der Waals surface area contributed by atoms with Crippen molar-refractivity contribution in [3.8, 4) is 0 Å². The summed E-state index contributed by atoms with van der Waals surface area (Å²) in [5.74, 6) is 1.42. The molecule has 26 heavy (non-hydrogen) atoms. The zero-order valence-electron chi connectivity index (χ0n) is 16.8. The van der Waals surface area contributed by atoms with E-state index in [9.17, 15) is 4.79 Å². The lowest BCUT2D eigenvalue weighted by Gasteiger charge is -2.36. The van der Waals surface area contributed by atoms with Crippen LogP contribution in [-0.4, -0.2) is 30.9 Å². The van der Waals surface area contributed by atoms with E-state index in [1.807, 2.05) is 44.1 Å². The monoisotopic (exact) mass is 355 g/mol. The number of anilines is 1. The first-order chi connectivity index (χ1) is 12.4. The Labute approximate surface area is 158 Å². The van der Waals surface area contributed by atoms with E-state index in [4.69, 9.17) is 0 Å². The summed E-state index contributed by atoms with van der Waals surface area (Å²) in [7, 11) is 1.88. The third-order valence-corrected chi connectivity index (χ3v) is 4.88. The van der Waals surface area contributed by atoms with Crippen LogP contribution in [0.3, 0.4) is 0 Å². The Balaban J connectivity index is 1.94. The molecule has 1 aliphatic heterocycles. The molecule has 1 fully saturated rings. The molecule has 1 aliphatic rings. The number of benzene rings is 1. The van der Waals surface area contributed by atoms with Gasteiger partial charge in [0, 0.05) is 32.4 Å². The van der Waals surface area contributed by atoms with Crippen LogP contribution in [0.1, 0.15) is 39.7 Å². The minimum Gasteiger partial charge on any atom is -0.371 e. The van der Waals surface area contributed by atoms with Crippen molar-refractivity contribution in [3.05, 3.63) is 53.9 Å². The number of hydrogen-bond donors (Lipinski definition) is 1. The van der Waals surface area contributed by atoms with Gasteiger partial charge in [-0.3, -0.25) is 4.79 Å². The van der Waals surface area contributed by atoms with Crippen molar-refractivity contribution in [3.63, 3.8) is 0 Å². The largest absolute Gasteiger partial charge is 0.371 e. The number of piperidine rings is 1. The number of hydrogen-bond acceptors (Lipinski definition) is 3. The fourth-order valence-electron chi connectivity index (χ4n) is 3.77. The van der Waals surface area contributed by atoms with Crippen LogP contribution in [0.2, 0.25) is 0 Å². The molecule has 0 aromatic heterocycles. The van der Waals surface area contributed by atoms with Gasteiger partial charge in [-0.1, -0.05) is 38.1 Å². The summed E-state index contributed by atoms with van der Waals surface area (Å²) in [6, 6.07) is 8.58. The highest BCUT2D eigenvalue weighted by atomic mass is 16.2. The lowest BCUT2D eigenvalue weighted by Crippen LogP contribution is -2.38. The highest BCUT2D eigenvalue weighted by Gasteiger charge is 2.21. The van der Waals surface area contributed by atoms with E-state index in [0.717, 1.165) is 30.5 Å². The molecule has 1 amide bonds. The maximum absolute atomic E-state index is 12.4. The number of nitrogens with zero attached hydrogens (tertiary/aromatic N) is 2. The summed E-state index contributed by atoms with van der Waals surface area (Å²) in [5, 5.41) is 3.01. The Hall–Kier alpha value is -2.23. The lowest BCUT2D eigenvalue weighted by atomic mass is 9.91. The number of carbonyl (C=O) groups is 1. The molecule has 1 aromatic rings. The summed E-state index contributed by atoms with van der Waals surface area (Å²) < 4.78 is 0. The molecule has 1 heterocycles. The van der Waals surface area contributed by atoms with E-state index >= 15 is 0 Å². The molecular formula is C22H33N3O. The van der Waals surface area contributed by atoms with Crippen molar-refractivity contribution >= 4 is 11.6 Å². The number of rotatable bonds is 6. The van der Waals surface area contributed by atoms with Crippen molar-refractivity contribution in [2.24, 2.45) is 11.8 Å². The van der Waals surface area contributed by atoms with E-state index in [0.29, 0.717) is 12.2 Å². The van der Waals surface area contributed by atoms with Crippen molar-refractivity contribution < 1.29 is 4.79 Å². The fourth-order valence-corrected chi connectivity index (χ4v) is 3.77. The second kappa shape index (κ2) is 9.46. The van der Waals surface area contributed by atoms with E-state index in [-0.39, 0.29) is 5.91 Å². The van der Waals surface area contributed by atoms with E-state index in [1.165, 1.54) is 12.1 Å². The standard InChI is InChI=1S/C22H33N3O/c1-6-12-24(5)21(7-2)22(26)23-14-19-8-10-20(11-9-19)25-15-17(3)13-18(4)16-25/h6-12,17-18H,13-16H2,1-5H3,(H,23,26). The van der Waals surface area contributed by atoms with Gasteiger partial charge < -0.3 is 15.1 Å². The van der Waals surface area contributed by atoms with Crippen LogP contribution in [0, 0.1) is 11.8 Å². The number of allylic oxidation sites excluding steroid dienone is 2. The van der Waals surface area contributed by atoms with Crippen molar-refractivity contribution in [1.82, 2.24) is 10.2 Å². The Morgan fingerprint density at radius 2 is 1.81 bits per heavy atom. The van der Waals surface area contributed by atoms with Crippen LogP contribution in [0.5, 0.6) is 0 Å². The molecule has 4 heteroatoms. The summed E-state index contributed by atoms with van der Waals surface area (Å²) >= 11 is 0. The van der Waals surface area contributed by atoms with Gasteiger partial charge in [0.05, 0.1) is 0 Å². The molecule has 2 unspecified atom stereocenters. The van der Waals surface area contributed by atoms with Gasteiger partial charge in [0.1, 0.15) is 5.70 Å². The number of likely N-dealkylation sites (N-methyl/N-ethyl adjacent to an activating group) is 1. The van der Waals surface area contributed by atoms with E-state index in [1.54, 1.807) is 0 Å². The number of amides is 1. The smallest absolute Gasteiger partial charge is 0.267 e. The minimum atomic E-state index is -0.0594. The predicted molar refractivity (Wildman–Crippen MR) is 110 cm³/mol. The van der Waals surface area contributed by atoms with Crippen LogP contribution >= 0.6 is 0 Å². The Kier molecular flexibility index (Phi) is 7.31. The zero-order valence-corrected chi connectivity index (χ0v) is 16.8. The number of carbonyl (C=O) groups excluding carboxylic acids is 1. The molecule has 4 nitrogen and oxygen atoms in total. The molecule has 2 rings (SSSR count). The van der Waals surface area contributed by atoms with Crippen LogP contribution in [0.4, 0.5) is 5.69 Å². The molecule has 1 saturated heterocycles. The lowest BCUT2D eigenvalue weighted by molar-refractivity contribution is -0.118. The van der Waals surface area contributed by atoms with Crippen LogP contribution < -0.4 is 10.2 Å². The zero-order chi connectivity index (χ0) is 19.1. The first-order valence-electron chi connectivity index (χ1n) is 9.58. The summed E-state index contributed by atoms with van der Waals surface area (Å²) in [5.41, 5.74) is 3.04. The summed E-state index contributed by atoms with van der Waals surface area (Å²) in [4.78, 5) is 16.7. The average Bonchev–Trinajstić information content (AvgIpc) is 2.60. The SMILES string of the molecule is CC=CN(C)C(=CC)C(=O)NCc1ccc(N2CC(C)CC(C)C2)cc1. The maximum Gasteiger partial charge on any atom is 0.267 e. The molecule has 0 aliphatic carbocycles. The molecule has 0 bridgehead atoms. The third-order valence-electron chi connectivity index (χ3n) is 4.88. The van der Waals surface area contributed by atoms with Gasteiger partial charge in [0.15, 0.2) is 0 Å². The molecular weight excluding hydrogens is 322 g/mol. The number of nitrogens with one attached hydrogen (secondary N) is 1. The van der Waals surface area contributed by atoms with Gasteiger partial charge in [-0.2, -0.15) is 0 Å². The molecule has 1 aromatic carbocycles. The summed E-state index contributed by atoms with van der Waals surface area (Å²) in [6.07, 6.45) is 6.94. The Morgan fingerprint density at radius 1 is 1.19 bits per heavy atom. The normalized spacial score (nSPS) is 21.1. The van der Waals surface area contributed by atoms with Crippen LogP contribution in [0.25, 0.3) is 0 Å². The molecule has 0 spiro atoms. The average molecular weight is 356 g/mol. The van der Waals surface area contributed by atoms with Gasteiger partial charge >= 0.3 is 0 Å². The highest BCUT2D eigenvalue weighted by molar-refractivity contribution is 5.92. The van der Waals surface area contributed by atoms with E-state index < -0.39 is 0 Å². The maximum atomic E-state index is 12.4. The predicted octanol–water partition coefficient (Wildman–Crippen LogP) is 4.15. The quantitative estimate of drug-likeness (QED) is 0.779. The second-order valence-corrected chi connectivity index (χ2v) is 7.47. The summed E-state index contributed by atoms with van der Waals surface area (Å²) in [6.45, 7) is 11.3. The molecule has 142 valence electrons. The molecule has 0 radical (unpaired) electrons. The van der Waals surface area contributed by atoms with E-state index in [2.05, 4.69) is 48.3 Å². The van der Waals surface area contributed by atoms with Crippen molar-refractivity contribution in [2.75, 3.05) is 25.0 Å². The third kappa shape index (κ3) is 5.38. The highest BCUT2D eigenvalue weighted by Crippen LogP contribution is 2.26.